The molecule has 0 unspecified atom stereocenters. The van der Waals surface area contributed by atoms with Crippen LogP contribution in [0.5, 0.6) is 0 Å². The lowest BCUT2D eigenvalue weighted by Crippen LogP contribution is -1.77. The first-order chi connectivity index (χ1) is 5.72. The maximum Gasteiger partial charge on any atom is 0.00457 e. The molecule has 1 aromatic heterocycles. The molecule has 0 aliphatic heterocycles. The van der Waals surface area contributed by atoms with Gasteiger partial charge >= 0.3 is 0 Å². The summed E-state index contributed by atoms with van der Waals surface area (Å²) in [4.78, 5) is 1.38. The summed E-state index contributed by atoms with van der Waals surface area (Å²) in [5, 5.41) is 2.11. The molecular formula is C11H15ClS. The Morgan fingerprint density at radius 2 is 1.69 bits per heavy atom. The minimum Gasteiger partial charge on any atom is -0.149 e. The van der Waals surface area contributed by atoms with Crippen molar-refractivity contribution in [1.82, 2.24) is 0 Å². The molecule has 0 aliphatic carbocycles. The summed E-state index contributed by atoms with van der Waals surface area (Å²) >= 11 is 1.78. The lowest BCUT2D eigenvalue weighted by atomic mass is 10.2. The van der Waals surface area contributed by atoms with E-state index in [0.29, 0.717) is 0 Å². The van der Waals surface area contributed by atoms with Crippen LogP contribution in [0.25, 0.3) is 0 Å². The van der Waals surface area contributed by atoms with Crippen LogP contribution >= 0.6 is 23.7 Å². The van der Waals surface area contributed by atoms with Crippen LogP contribution in [0, 0.1) is 20.8 Å². The zero-order chi connectivity index (χ0) is 8.97. The summed E-state index contributed by atoms with van der Waals surface area (Å²) in [6.45, 7) is 6.48. The molecule has 1 rings (SSSR count). The third kappa shape index (κ3) is 3.79. The van der Waals surface area contributed by atoms with E-state index in [1.807, 2.05) is 0 Å². The molecule has 1 aromatic rings. The summed E-state index contributed by atoms with van der Waals surface area (Å²) in [5.41, 5.74) is 2.73. The number of hydrogen-bond donors (Lipinski definition) is 0. The Hall–Kier alpha value is -0.530. The molecule has 0 N–H and O–H groups in total. The zero-order valence-corrected chi connectivity index (χ0v) is 9.84. The van der Waals surface area contributed by atoms with E-state index < -0.39 is 0 Å². The third-order valence-corrected chi connectivity index (χ3v) is 2.96. The van der Waals surface area contributed by atoms with Gasteiger partial charge in [0.1, 0.15) is 0 Å². The first kappa shape index (κ1) is 12.5. The molecule has 1 heterocycles. The average Bonchev–Trinajstić information content (AvgIpc) is 2.12. The van der Waals surface area contributed by atoms with E-state index in [4.69, 9.17) is 0 Å². The number of aryl methyl sites for hydroxylation is 2. The zero-order valence-electron chi connectivity index (χ0n) is 8.20. The van der Waals surface area contributed by atoms with Crippen LogP contribution in [0.4, 0.5) is 0 Å². The largest absolute Gasteiger partial charge is 0.149 e. The molecule has 0 saturated carbocycles. The molecule has 13 heavy (non-hydrogen) atoms. The van der Waals surface area contributed by atoms with Gasteiger partial charge in [0.2, 0.25) is 0 Å². The summed E-state index contributed by atoms with van der Waals surface area (Å²) < 4.78 is 0. The van der Waals surface area contributed by atoms with Crippen molar-refractivity contribution >= 4 is 23.7 Å². The lowest BCUT2D eigenvalue weighted by Gasteiger charge is -1.95. The van der Waals surface area contributed by atoms with Gasteiger partial charge in [0.05, 0.1) is 0 Å². The topological polar surface area (TPSA) is 0 Å². The molecule has 0 aromatic carbocycles. The number of halogens is 1. The second kappa shape index (κ2) is 6.01. The molecule has 0 saturated heterocycles. The maximum absolute atomic E-state index is 2.17. The van der Waals surface area contributed by atoms with E-state index in [1.54, 1.807) is 11.3 Å². The van der Waals surface area contributed by atoms with Crippen LogP contribution in [-0.2, 0) is 0 Å². The average molecular weight is 215 g/mol. The van der Waals surface area contributed by atoms with Gasteiger partial charge in [0.25, 0.3) is 0 Å². The van der Waals surface area contributed by atoms with E-state index in [2.05, 4.69) is 50.4 Å². The van der Waals surface area contributed by atoms with E-state index in [0.717, 1.165) is 0 Å². The molecule has 0 atom stereocenters. The van der Waals surface area contributed by atoms with Gasteiger partial charge in [-0.25, -0.2) is 0 Å². The molecule has 0 bridgehead atoms. The molecule has 2 heteroatoms. The summed E-state index contributed by atoms with van der Waals surface area (Å²) in [6, 6.07) is 8.35. The quantitative estimate of drug-likeness (QED) is 0.607. The lowest BCUT2D eigenvalue weighted by molar-refractivity contribution is 1.32. The van der Waals surface area contributed by atoms with Crippen LogP contribution in [-0.4, -0.2) is 0 Å². The monoisotopic (exact) mass is 214 g/mol. The molecule has 0 fully saturated rings. The second-order valence-corrected chi connectivity index (χ2v) is 3.98. The molecule has 72 valence electrons. The molecule has 0 nitrogen and oxygen atoms in total. The van der Waals surface area contributed by atoms with Gasteiger partial charge in [-0.1, -0.05) is 24.3 Å². The van der Waals surface area contributed by atoms with Crippen molar-refractivity contribution in [3.8, 4) is 0 Å². The molecular weight excluding hydrogens is 200 g/mol. The first-order valence-electron chi connectivity index (χ1n) is 4.06. The first-order valence-corrected chi connectivity index (χ1v) is 4.94. The molecule has 0 radical (unpaired) electrons. The van der Waals surface area contributed by atoms with Crippen molar-refractivity contribution < 1.29 is 0 Å². The Labute approximate surface area is 90.4 Å². The van der Waals surface area contributed by atoms with Crippen LogP contribution in [0.2, 0.25) is 0 Å². The Morgan fingerprint density at radius 1 is 1.00 bits per heavy atom. The van der Waals surface area contributed by atoms with Crippen molar-refractivity contribution in [2.45, 2.75) is 20.8 Å². The van der Waals surface area contributed by atoms with Gasteiger partial charge < -0.3 is 0 Å². The van der Waals surface area contributed by atoms with Gasteiger partial charge in [-0.2, -0.15) is 0 Å². The van der Waals surface area contributed by atoms with Gasteiger partial charge in [-0.3, -0.25) is 0 Å². The molecule has 0 amide bonds. The maximum atomic E-state index is 2.17. The highest BCUT2D eigenvalue weighted by atomic mass is 35.5. The van der Waals surface area contributed by atoms with Gasteiger partial charge in [-0.05, 0) is 37.3 Å². The van der Waals surface area contributed by atoms with Gasteiger partial charge in [0.15, 0.2) is 0 Å². The molecule has 0 spiro atoms. The summed E-state index contributed by atoms with van der Waals surface area (Å²) in [5.74, 6) is 0. The molecule has 0 aliphatic rings. The summed E-state index contributed by atoms with van der Waals surface area (Å²) in [7, 11) is 0. The third-order valence-electron chi connectivity index (χ3n) is 2.01. The second-order valence-electron chi connectivity index (χ2n) is 2.86. The van der Waals surface area contributed by atoms with E-state index in [1.165, 1.54) is 16.0 Å². The van der Waals surface area contributed by atoms with Crippen molar-refractivity contribution in [2.24, 2.45) is 0 Å². The predicted molar refractivity (Wildman–Crippen MR) is 63.4 cm³/mol. The highest BCUT2D eigenvalue weighted by molar-refractivity contribution is 7.09. The minimum absolute atomic E-state index is 0. The van der Waals surface area contributed by atoms with Crippen molar-refractivity contribution in [3.05, 3.63) is 45.6 Å². The smallest absolute Gasteiger partial charge is 0.00457 e. The van der Waals surface area contributed by atoms with E-state index >= 15 is 0 Å². The van der Waals surface area contributed by atoms with Crippen LogP contribution < -0.4 is 0 Å². The fourth-order valence-electron chi connectivity index (χ4n) is 0.942. The number of rotatable bonds is 0. The van der Waals surface area contributed by atoms with Crippen LogP contribution in [0.3, 0.4) is 0 Å². The minimum atomic E-state index is 0. The highest BCUT2D eigenvalue weighted by Gasteiger charge is 1.90. The predicted octanol–water partition coefficient (Wildman–Crippen LogP) is 4.22. The SMILES string of the molecule is Cc1cccccsc(C)c1C.Cl. The fourth-order valence-corrected chi connectivity index (χ4v) is 1.65. The van der Waals surface area contributed by atoms with E-state index in [9.17, 15) is 0 Å². The highest BCUT2D eigenvalue weighted by Crippen LogP contribution is 2.11. The van der Waals surface area contributed by atoms with E-state index in [-0.39, 0.29) is 12.4 Å². The van der Waals surface area contributed by atoms with Crippen LogP contribution in [0.1, 0.15) is 16.0 Å². The Bertz CT molecular complexity index is 284. The Kier molecular flexibility index (Phi) is 5.76. The Morgan fingerprint density at radius 3 is 2.38 bits per heavy atom. The summed E-state index contributed by atoms with van der Waals surface area (Å²) in [6.07, 6.45) is 0. The van der Waals surface area contributed by atoms with Crippen LogP contribution in [0.15, 0.2) is 29.6 Å². The van der Waals surface area contributed by atoms with Crippen molar-refractivity contribution in [3.63, 3.8) is 0 Å². The van der Waals surface area contributed by atoms with Crippen molar-refractivity contribution in [1.29, 1.82) is 0 Å². The Balaban J connectivity index is 0.00000144. The van der Waals surface area contributed by atoms with Gasteiger partial charge in [-0.15, -0.1) is 23.7 Å². The van der Waals surface area contributed by atoms with Crippen molar-refractivity contribution in [2.75, 3.05) is 0 Å². The normalized spacial score (nSPS) is 8.54. The standard InChI is InChI=1S/C11H14S.ClH/c1-9-7-5-4-6-8-12-11(3)10(9)2;/h4-8H,1-3H3;1H. The number of hydrogen-bond acceptors (Lipinski definition) is 1. The van der Waals surface area contributed by atoms with Gasteiger partial charge in [0, 0.05) is 4.88 Å². The fraction of sp³-hybridized carbons (Fsp3) is 0.273.